The molecular weight excluding hydrogens is 318 g/mol. The Kier molecular flexibility index (Phi) is 3.35. The van der Waals surface area contributed by atoms with Gasteiger partial charge in [-0.05, 0) is 35.9 Å². The molecule has 1 aliphatic heterocycles. The fraction of sp³-hybridized carbons (Fsp3) is 0.118. The highest BCUT2D eigenvalue weighted by Gasteiger charge is 2.20. The van der Waals surface area contributed by atoms with Crippen molar-refractivity contribution in [2.75, 3.05) is 13.9 Å². The van der Waals surface area contributed by atoms with Gasteiger partial charge < -0.3 is 18.6 Å². The Balaban J connectivity index is 1.74. The highest BCUT2D eigenvalue weighted by atomic mass is 35.5. The van der Waals surface area contributed by atoms with E-state index < -0.39 is 0 Å². The van der Waals surface area contributed by atoms with Crippen molar-refractivity contribution in [2.45, 2.75) is 0 Å². The predicted octanol–water partition coefficient (Wildman–Crippen LogP) is 4.30. The van der Waals surface area contributed by atoms with Gasteiger partial charge in [-0.1, -0.05) is 23.7 Å². The van der Waals surface area contributed by atoms with Crippen LogP contribution in [0.4, 0.5) is 0 Å². The maximum atomic E-state index is 6.35. The van der Waals surface area contributed by atoms with E-state index in [-0.39, 0.29) is 6.79 Å². The summed E-state index contributed by atoms with van der Waals surface area (Å²) in [7, 11) is 1.58. The lowest BCUT2D eigenvalue weighted by molar-refractivity contribution is 0.171. The number of ether oxygens (including phenoxy) is 3. The van der Waals surface area contributed by atoms with Crippen LogP contribution in [0.3, 0.4) is 0 Å². The van der Waals surface area contributed by atoms with Crippen LogP contribution in [0.15, 0.2) is 40.8 Å². The minimum Gasteiger partial charge on any atom is -0.493 e. The van der Waals surface area contributed by atoms with E-state index in [9.17, 15) is 0 Å². The molecule has 2 heterocycles. The van der Waals surface area contributed by atoms with Crippen LogP contribution in [-0.4, -0.2) is 18.9 Å². The molecule has 23 heavy (non-hydrogen) atoms. The second-order valence-electron chi connectivity index (χ2n) is 4.94. The second-order valence-corrected chi connectivity index (χ2v) is 5.34. The normalized spacial score (nSPS) is 13.6. The molecule has 2 aromatic carbocycles. The Morgan fingerprint density at radius 3 is 2.96 bits per heavy atom. The number of para-hydroxylation sites is 2. The number of hydrogen-bond acceptors (Lipinski definition) is 5. The predicted molar refractivity (Wildman–Crippen MR) is 86.9 cm³/mol. The molecule has 1 aliphatic rings. The monoisotopic (exact) mass is 329 g/mol. The van der Waals surface area contributed by atoms with Gasteiger partial charge in [-0.25, -0.2) is 4.98 Å². The molecule has 0 bridgehead atoms. The molecule has 5 nitrogen and oxygen atoms in total. The largest absolute Gasteiger partial charge is 0.493 e. The van der Waals surface area contributed by atoms with E-state index in [0.29, 0.717) is 33.8 Å². The van der Waals surface area contributed by atoms with E-state index in [4.69, 9.17) is 30.2 Å². The number of halogens is 1. The Morgan fingerprint density at radius 2 is 2.13 bits per heavy atom. The molecule has 0 fully saturated rings. The van der Waals surface area contributed by atoms with Gasteiger partial charge in [0.1, 0.15) is 10.5 Å². The van der Waals surface area contributed by atoms with Gasteiger partial charge in [-0.15, -0.1) is 0 Å². The summed E-state index contributed by atoms with van der Waals surface area (Å²) < 4.78 is 21.7. The van der Waals surface area contributed by atoms with E-state index >= 15 is 0 Å². The number of oxazole rings is 1. The Morgan fingerprint density at radius 1 is 1.26 bits per heavy atom. The van der Waals surface area contributed by atoms with E-state index in [1.165, 1.54) is 0 Å². The summed E-state index contributed by atoms with van der Waals surface area (Å²) in [6.07, 6.45) is 1.75. The van der Waals surface area contributed by atoms with Crippen molar-refractivity contribution in [2.24, 2.45) is 0 Å². The number of aromatic nitrogens is 1. The minimum absolute atomic E-state index is 0.178. The summed E-state index contributed by atoms with van der Waals surface area (Å²) in [4.78, 5) is 4.37. The molecule has 0 saturated carbocycles. The highest BCUT2D eigenvalue weighted by molar-refractivity contribution is 6.50. The van der Waals surface area contributed by atoms with E-state index in [1.807, 2.05) is 36.4 Å². The summed E-state index contributed by atoms with van der Waals surface area (Å²) in [6.45, 7) is 0.178. The SMILES string of the molecule is COc1cc(/C=C(\Cl)c2nc3ccccc3o2)cc2c1OCO2. The topological polar surface area (TPSA) is 53.7 Å². The molecule has 0 aliphatic carbocycles. The molecule has 0 N–H and O–H groups in total. The van der Waals surface area contributed by atoms with Crippen LogP contribution in [0.1, 0.15) is 11.5 Å². The Hall–Kier alpha value is -2.66. The Labute approximate surface area is 137 Å². The highest BCUT2D eigenvalue weighted by Crippen LogP contribution is 2.42. The molecule has 0 amide bonds. The van der Waals surface area contributed by atoms with Crippen molar-refractivity contribution in [3.63, 3.8) is 0 Å². The van der Waals surface area contributed by atoms with E-state index in [0.717, 1.165) is 11.1 Å². The first-order valence-electron chi connectivity index (χ1n) is 6.95. The van der Waals surface area contributed by atoms with Crippen LogP contribution < -0.4 is 14.2 Å². The smallest absolute Gasteiger partial charge is 0.238 e. The zero-order valence-corrected chi connectivity index (χ0v) is 13.0. The van der Waals surface area contributed by atoms with Crippen LogP contribution in [0.2, 0.25) is 0 Å². The van der Waals surface area contributed by atoms with Gasteiger partial charge in [0, 0.05) is 0 Å². The first-order chi connectivity index (χ1) is 11.2. The van der Waals surface area contributed by atoms with Crippen molar-refractivity contribution in [3.05, 3.63) is 47.9 Å². The van der Waals surface area contributed by atoms with Crippen molar-refractivity contribution in [1.82, 2.24) is 4.98 Å². The average Bonchev–Trinajstić information content (AvgIpc) is 3.20. The minimum atomic E-state index is 0.178. The molecule has 6 heteroatoms. The molecule has 0 radical (unpaired) electrons. The third-order valence-electron chi connectivity index (χ3n) is 3.47. The van der Waals surface area contributed by atoms with Gasteiger partial charge >= 0.3 is 0 Å². The third-order valence-corrected chi connectivity index (χ3v) is 3.74. The van der Waals surface area contributed by atoms with Crippen molar-refractivity contribution in [3.8, 4) is 17.2 Å². The maximum Gasteiger partial charge on any atom is 0.238 e. The lowest BCUT2D eigenvalue weighted by Gasteiger charge is -2.06. The number of nitrogens with zero attached hydrogens (tertiary/aromatic N) is 1. The van der Waals surface area contributed by atoms with Gasteiger partial charge in [-0.3, -0.25) is 0 Å². The number of rotatable bonds is 3. The van der Waals surface area contributed by atoms with Crippen LogP contribution in [0.25, 0.3) is 22.2 Å². The summed E-state index contributed by atoms with van der Waals surface area (Å²) in [5, 5.41) is 0.391. The summed E-state index contributed by atoms with van der Waals surface area (Å²) in [6, 6.07) is 11.1. The average molecular weight is 330 g/mol. The lowest BCUT2D eigenvalue weighted by Crippen LogP contribution is -1.93. The molecule has 0 atom stereocenters. The van der Waals surface area contributed by atoms with E-state index in [2.05, 4.69) is 4.98 Å². The third kappa shape index (κ3) is 2.49. The van der Waals surface area contributed by atoms with Crippen LogP contribution >= 0.6 is 11.6 Å². The standard InChI is InChI=1S/C17H12ClNO4/c1-20-14-7-10(8-15-16(14)22-9-21-15)6-11(18)17-19-12-4-2-3-5-13(12)23-17/h2-8H,9H2,1H3/b11-6-. The maximum absolute atomic E-state index is 6.35. The number of benzene rings is 2. The summed E-state index contributed by atoms with van der Waals surface area (Å²) in [5.74, 6) is 2.18. The molecule has 0 saturated heterocycles. The van der Waals surface area contributed by atoms with Crippen LogP contribution in [-0.2, 0) is 0 Å². The molecular formula is C17H12ClNO4. The van der Waals surface area contributed by atoms with Gasteiger partial charge in [-0.2, -0.15) is 0 Å². The Bertz CT molecular complexity index is 883. The summed E-state index contributed by atoms with van der Waals surface area (Å²) in [5.41, 5.74) is 2.26. The quantitative estimate of drug-likeness (QED) is 0.717. The molecule has 0 unspecified atom stereocenters. The van der Waals surface area contributed by atoms with Crippen molar-refractivity contribution >= 4 is 33.8 Å². The first kappa shape index (κ1) is 14.0. The first-order valence-corrected chi connectivity index (χ1v) is 7.33. The summed E-state index contributed by atoms with van der Waals surface area (Å²) >= 11 is 6.35. The number of methoxy groups -OCH3 is 1. The second kappa shape index (κ2) is 5.52. The molecule has 0 spiro atoms. The van der Waals surface area contributed by atoms with Crippen LogP contribution in [0, 0.1) is 0 Å². The fourth-order valence-corrected chi connectivity index (χ4v) is 2.62. The van der Waals surface area contributed by atoms with Gasteiger partial charge in [0.05, 0.1) is 7.11 Å². The number of hydrogen-bond donors (Lipinski definition) is 0. The van der Waals surface area contributed by atoms with E-state index in [1.54, 1.807) is 13.2 Å². The van der Waals surface area contributed by atoms with Crippen molar-refractivity contribution in [1.29, 1.82) is 0 Å². The molecule has 116 valence electrons. The molecule has 4 rings (SSSR count). The zero-order valence-electron chi connectivity index (χ0n) is 12.2. The van der Waals surface area contributed by atoms with Gasteiger partial charge in [0.15, 0.2) is 17.1 Å². The van der Waals surface area contributed by atoms with Crippen LogP contribution in [0.5, 0.6) is 17.2 Å². The molecule has 1 aromatic heterocycles. The fourth-order valence-electron chi connectivity index (χ4n) is 2.42. The lowest BCUT2D eigenvalue weighted by atomic mass is 10.1. The zero-order chi connectivity index (χ0) is 15.8. The molecule has 3 aromatic rings. The van der Waals surface area contributed by atoms with Crippen molar-refractivity contribution < 1.29 is 18.6 Å². The number of fused-ring (bicyclic) bond motifs is 2. The van der Waals surface area contributed by atoms with Gasteiger partial charge in [0.25, 0.3) is 0 Å². The van der Waals surface area contributed by atoms with Gasteiger partial charge in [0.2, 0.25) is 18.4 Å².